The minimum atomic E-state index is -3.51. The first-order chi connectivity index (χ1) is 14.9. The van der Waals surface area contributed by atoms with Gasteiger partial charge < -0.3 is 14.7 Å². The van der Waals surface area contributed by atoms with Crippen LogP contribution in [-0.2, 0) is 10.0 Å². The van der Waals surface area contributed by atoms with Gasteiger partial charge in [-0.1, -0.05) is 12.1 Å². The van der Waals surface area contributed by atoms with E-state index >= 15 is 0 Å². The van der Waals surface area contributed by atoms with Crippen molar-refractivity contribution < 1.29 is 17.7 Å². The van der Waals surface area contributed by atoms with Gasteiger partial charge in [0.25, 0.3) is 0 Å². The lowest BCUT2D eigenvalue weighted by molar-refractivity contribution is 0.0906. The van der Waals surface area contributed by atoms with Gasteiger partial charge in [-0.05, 0) is 69.0 Å². The van der Waals surface area contributed by atoms with Crippen LogP contribution in [0.1, 0.15) is 43.3 Å². The summed E-state index contributed by atoms with van der Waals surface area (Å²) in [5.74, 6) is 0.297. The highest BCUT2D eigenvalue weighted by atomic mass is 32.2. The van der Waals surface area contributed by atoms with Gasteiger partial charge >= 0.3 is 11.8 Å². The number of carbonyl (C=O) groups is 1. The van der Waals surface area contributed by atoms with Gasteiger partial charge in [0.15, 0.2) is 0 Å². The second-order valence-corrected chi connectivity index (χ2v) is 10.3. The highest BCUT2D eigenvalue weighted by Gasteiger charge is 2.28. The Balaban J connectivity index is 1.37. The molecule has 2 fully saturated rings. The summed E-state index contributed by atoms with van der Waals surface area (Å²) >= 11 is 0. The Hall–Kier alpha value is -2.30. The van der Waals surface area contributed by atoms with Gasteiger partial charge in [-0.3, -0.25) is 4.79 Å². The van der Waals surface area contributed by atoms with Crippen LogP contribution in [0.15, 0.2) is 33.7 Å². The molecule has 31 heavy (non-hydrogen) atoms. The minimum absolute atomic E-state index is 0.101. The van der Waals surface area contributed by atoms with Crippen molar-refractivity contribution in [2.75, 3.05) is 39.3 Å². The Morgan fingerprint density at radius 1 is 1.13 bits per heavy atom. The molecule has 0 aliphatic carbocycles. The molecule has 0 spiro atoms. The molecule has 2 aromatic rings. The van der Waals surface area contributed by atoms with Crippen molar-refractivity contribution in [2.45, 2.75) is 37.5 Å². The summed E-state index contributed by atoms with van der Waals surface area (Å²) in [6.07, 6.45) is 4.17. The SMILES string of the molecule is CC1CCN(S(=O)(=O)c2ccc(-c3noc(C(=O)NCCN4CCCC4)n3)cc2)CC1. The average Bonchev–Trinajstić information content (AvgIpc) is 3.46. The largest absolute Gasteiger partial charge is 0.347 e. The number of piperidine rings is 1. The van der Waals surface area contributed by atoms with Crippen LogP contribution in [0, 0.1) is 5.92 Å². The van der Waals surface area contributed by atoms with E-state index in [-0.39, 0.29) is 16.6 Å². The van der Waals surface area contributed by atoms with Gasteiger partial charge in [-0.15, -0.1) is 0 Å². The third-order valence-corrected chi connectivity index (χ3v) is 7.94. The van der Waals surface area contributed by atoms with Crippen LogP contribution in [0.25, 0.3) is 11.4 Å². The van der Waals surface area contributed by atoms with E-state index in [1.807, 2.05) is 0 Å². The quantitative estimate of drug-likeness (QED) is 0.691. The van der Waals surface area contributed by atoms with Crippen molar-refractivity contribution >= 4 is 15.9 Å². The number of nitrogens with one attached hydrogen (secondary N) is 1. The average molecular weight is 448 g/mol. The summed E-state index contributed by atoms with van der Waals surface area (Å²) < 4.78 is 32.3. The molecule has 0 radical (unpaired) electrons. The molecular weight excluding hydrogens is 418 g/mol. The van der Waals surface area contributed by atoms with E-state index in [9.17, 15) is 13.2 Å². The van der Waals surface area contributed by atoms with E-state index in [0.717, 1.165) is 32.5 Å². The molecular formula is C21H29N5O4S. The third kappa shape index (κ3) is 5.13. The fourth-order valence-electron chi connectivity index (χ4n) is 3.99. The van der Waals surface area contributed by atoms with Gasteiger partial charge in [0.05, 0.1) is 4.90 Å². The number of aromatic nitrogens is 2. The number of amides is 1. The standard InChI is InChI=1S/C21H29N5O4S/c1-16-8-13-26(14-9-16)31(28,29)18-6-4-17(5-7-18)19-23-21(30-24-19)20(27)22-10-15-25-11-2-3-12-25/h4-7,16H,2-3,8-15H2,1H3,(H,22,27). The van der Waals surface area contributed by atoms with Gasteiger partial charge in [-0.25, -0.2) is 8.42 Å². The number of nitrogens with zero attached hydrogens (tertiary/aromatic N) is 4. The van der Waals surface area contributed by atoms with Gasteiger partial charge in [0, 0.05) is 31.7 Å². The second-order valence-electron chi connectivity index (χ2n) is 8.34. The summed E-state index contributed by atoms with van der Waals surface area (Å²) in [5.41, 5.74) is 0.589. The van der Waals surface area contributed by atoms with Crippen LogP contribution in [0.2, 0.25) is 0 Å². The van der Waals surface area contributed by atoms with Gasteiger partial charge in [0.1, 0.15) is 0 Å². The van der Waals surface area contributed by atoms with Crippen LogP contribution >= 0.6 is 0 Å². The van der Waals surface area contributed by atoms with Gasteiger partial charge in [0.2, 0.25) is 15.8 Å². The minimum Gasteiger partial charge on any atom is -0.347 e. The fraction of sp³-hybridized carbons (Fsp3) is 0.571. The summed E-state index contributed by atoms with van der Waals surface area (Å²) in [6, 6.07) is 6.38. The van der Waals surface area contributed by atoms with Crippen molar-refractivity contribution in [3.8, 4) is 11.4 Å². The Morgan fingerprint density at radius 3 is 2.48 bits per heavy atom. The van der Waals surface area contributed by atoms with Crippen molar-refractivity contribution in [3.05, 3.63) is 30.2 Å². The van der Waals surface area contributed by atoms with Gasteiger partial charge in [-0.2, -0.15) is 9.29 Å². The van der Waals surface area contributed by atoms with Crippen LogP contribution in [0.3, 0.4) is 0 Å². The van der Waals surface area contributed by atoms with Crippen molar-refractivity contribution in [2.24, 2.45) is 5.92 Å². The molecule has 0 atom stereocenters. The first kappa shape index (κ1) is 21.9. The number of hydrogen-bond donors (Lipinski definition) is 1. The Labute approximate surface area is 182 Å². The number of rotatable bonds is 7. The monoisotopic (exact) mass is 447 g/mol. The molecule has 0 unspecified atom stereocenters. The summed E-state index contributed by atoms with van der Waals surface area (Å²) in [5, 5.41) is 6.66. The molecule has 10 heteroatoms. The molecule has 1 aromatic heterocycles. The second kappa shape index (κ2) is 9.46. The molecule has 3 heterocycles. The molecule has 1 aromatic carbocycles. The fourth-order valence-corrected chi connectivity index (χ4v) is 5.46. The van der Waals surface area contributed by atoms with Crippen LogP contribution in [-0.4, -0.2) is 72.9 Å². The predicted molar refractivity (Wildman–Crippen MR) is 115 cm³/mol. The number of likely N-dealkylation sites (tertiary alicyclic amines) is 1. The van der Waals surface area contributed by atoms with E-state index in [1.165, 1.54) is 12.8 Å². The topological polar surface area (TPSA) is 109 Å². The summed E-state index contributed by atoms with van der Waals surface area (Å²) in [7, 11) is -3.51. The number of hydrogen-bond acceptors (Lipinski definition) is 7. The zero-order chi connectivity index (χ0) is 21.8. The molecule has 4 rings (SSSR count). The van der Waals surface area contributed by atoms with E-state index < -0.39 is 15.9 Å². The maximum Gasteiger partial charge on any atom is 0.316 e. The lowest BCUT2D eigenvalue weighted by Crippen LogP contribution is -2.37. The molecule has 2 aliphatic heterocycles. The van der Waals surface area contributed by atoms with E-state index in [0.29, 0.717) is 31.1 Å². The summed E-state index contributed by atoms with van der Waals surface area (Å²) in [4.78, 5) is 18.9. The number of carbonyl (C=O) groups excluding carboxylic acids is 1. The molecule has 2 saturated heterocycles. The Bertz CT molecular complexity index is 991. The first-order valence-corrected chi connectivity index (χ1v) is 12.3. The molecule has 1 N–H and O–H groups in total. The zero-order valence-corrected chi connectivity index (χ0v) is 18.6. The molecule has 9 nitrogen and oxygen atoms in total. The van der Waals surface area contributed by atoms with Crippen LogP contribution < -0.4 is 5.32 Å². The molecule has 1 amide bonds. The number of sulfonamides is 1. The van der Waals surface area contributed by atoms with E-state index in [4.69, 9.17) is 4.52 Å². The molecule has 2 aliphatic rings. The smallest absolute Gasteiger partial charge is 0.316 e. The van der Waals surface area contributed by atoms with Crippen molar-refractivity contribution in [3.63, 3.8) is 0 Å². The van der Waals surface area contributed by atoms with E-state index in [2.05, 4.69) is 27.3 Å². The third-order valence-electron chi connectivity index (χ3n) is 6.03. The maximum absolute atomic E-state index is 12.9. The van der Waals surface area contributed by atoms with E-state index in [1.54, 1.807) is 28.6 Å². The molecule has 0 saturated carbocycles. The Kier molecular flexibility index (Phi) is 6.68. The number of benzene rings is 1. The highest BCUT2D eigenvalue weighted by molar-refractivity contribution is 7.89. The maximum atomic E-state index is 12.9. The predicted octanol–water partition coefficient (Wildman–Crippen LogP) is 1.98. The van der Waals surface area contributed by atoms with Crippen molar-refractivity contribution in [1.29, 1.82) is 0 Å². The Morgan fingerprint density at radius 2 is 1.81 bits per heavy atom. The van der Waals surface area contributed by atoms with Crippen LogP contribution in [0.5, 0.6) is 0 Å². The first-order valence-electron chi connectivity index (χ1n) is 10.9. The lowest BCUT2D eigenvalue weighted by Gasteiger charge is -2.29. The van der Waals surface area contributed by atoms with Crippen LogP contribution in [0.4, 0.5) is 0 Å². The highest BCUT2D eigenvalue weighted by Crippen LogP contribution is 2.25. The zero-order valence-electron chi connectivity index (χ0n) is 17.8. The lowest BCUT2D eigenvalue weighted by atomic mass is 10.0. The molecule has 168 valence electrons. The van der Waals surface area contributed by atoms with Crippen molar-refractivity contribution in [1.82, 2.24) is 24.7 Å². The summed E-state index contributed by atoms with van der Waals surface area (Å²) in [6.45, 7) is 6.72. The normalized spacial score (nSPS) is 19.0. The molecule has 0 bridgehead atoms.